The van der Waals surface area contributed by atoms with E-state index >= 15 is 0 Å². The van der Waals surface area contributed by atoms with Gasteiger partial charge in [-0.15, -0.1) is 11.3 Å². The zero-order valence-corrected chi connectivity index (χ0v) is 35.0. The summed E-state index contributed by atoms with van der Waals surface area (Å²) < 4.78 is 21.7. The zero-order chi connectivity index (χ0) is 42.1. The van der Waals surface area contributed by atoms with Crippen molar-refractivity contribution in [2.75, 3.05) is 78.7 Å². The molecule has 318 valence electrons. The fraction of sp³-hybridized carbons (Fsp3) is 0.537. The van der Waals surface area contributed by atoms with Crippen molar-refractivity contribution in [2.45, 2.75) is 65.3 Å². The molecule has 0 unspecified atom stereocenters. The molecule has 2 heterocycles. The monoisotopic (exact) mass is 825 g/mol. The largest absolute Gasteiger partial charge is 0.495 e. The minimum Gasteiger partial charge on any atom is -0.495 e. The predicted molar refractivity (Wildman–Crippen MR) is 221 cm³/mol. The van der Waals surface area contributed by atoms with Crippen molar-refractivity contribution in [3.05, 3.63) is 64.8 Å². The molecule has 0 spiro atoms. The van der Waals surface area contributed by atoms with Crippen LogP contribution in [0.15, 0.2) is 48.0 Å². The van der Waals surface area contributed by atoms with E-state index < -0.39 is 29.5 Å². The second kappa shape index (κ2) is 23.1. The van der Waals surface area contributed by atoms with Gasteiger partial charge < -0.3 is 56.0 Å². The molecule has 1 aliphatic rings. The molecule has 58 heavy (non-hydrogen) atoms. The number of carbonyl (C=O) groups is 4. The molecule has 0 aliphatic carbocycles. The highest BCUT2D eigenvalue weighted by molar-refractivity contribution is 7.13. The summed E-state index contributed by atoms with van der Waals surface area (Å²) in [6.07, 6.45) is -0.600. The number of nitrogen functional groups attached to an aromatic ring is 1. The number of nitrogens with one attached hydrogen (secondary N) is 4. The minimum absolute atomic E-state index is 0.00695. The Balaban J connectivity index is 1.06. The van der Waals surface area contributed by atoms with Gasteiger partial charge in [0.25, 0.3) is 5.91 Å². The van der Waals surface area contributed by atoms with Crippen molar-refractivity contribution in [3.63, 3.8) is 0 Å². The second-order valence-corrected chi connectivity index (χ2v) is 15.8. The number of aliphatic hydroxyl groups excluding tert-OH is 1. The summed E-state index contributed by atoms with van der Waals surface area (Å²) in [5.74, 6) is -0.868. The van der Waals surface area contributed by atoms with Gasteiger partial charge >= 0.3 is 0 Å². The van der Waals surface area contributed by atoms with Crippen LogP contribution in [0.3, 0.4) is 0 Å². The number of β-amino-alcohol motifs (C(OH)–C–C–N with tert-alkyl or cyclic N) is 1. The van der Waals surface area contributed by atoms with E-state index in [2.05, 4.69) is 26.3 Å². The molecule has 0 bridgehead atoms. The summed E-state index contributed by atoms with van der Waals surface area (Å²) in [6.45, 7) is 11.3. The third-order valence-electron chi connectivity index (χ3n) is 9.44. The normalized spacial score (nSPS) is 15.9. The summed E-state index contributed by atoms with van der Waals surface area (Å²) in [4.78, 5) is 59.3. The Hall–Kier alpha value is -4.65. The van der Waals surface area contributed by atoms with Crippen molar-refractivity contribution in [2.24, 2.45) is 5.41 Å². The number of likely N-dealkylation sites (tertiary alicyclic amines) is 1. The Bertz CT molecular complexity index is 1780. The number of hydrogen-bond acceptors (Lipinski definition) is 13. The number of aryl methyl sites for hydroxylation is 1. The number of aromatic nitrogens is 1. The Labute approximate surface area is 344 Å². The summed E-state index contributed by atoms with van der Waals surface area (Å²) >= 11 is 1.57. The van der Waals surface area contributed by atoms with E-state index in [1.54, 1.807) is 29.5 Å². The van der Waals surface area contributed by atoms with Crippen molar-refractivity contribution in [1.82, 2.24) is 31.2 Å². The van der Waals surface area contributed by atoms with Gasteiger partial charge in [0, 0.05) is 51.1 Å². The van der Waals surface area contributed by atoms with Gasteiger partial charge in [0.2, 0.25) is 17.7 Å². The molecular formula is C41H59N7O9S. The second-order valence-electron chi connectivity index (χ2n) is 15.0. The fourth-order valence-electron chi connectivity index (χ4n) is 6.22. The average molecular weight is 826 g/mol. The zero-order valence-electron chi connectivity index (χ0n) is 34.1. The fourth-order valence-corrected chi connectivity index (χ4v) is 7.03. The van der Waals surface area contributed by atoms with Gasteiger partial charge in [0.1, 0.15) is 17.8 Å². The minimum atomic E-state index is -0.900. The molecular weight excluding hydrogens is 767 g/mol. The van der Waals surface area contributed by atoms with E-state index in [1.807, 2.05) is 57.5 Å². The number of ether oxygens (including phenoxy) is 4. The number of rotatable bonds is 23. The summed E-state index contributed by atoms with van der Waals surface area (Å²) in [6, 6.07) is 11.0. The first-order valence-electron chi connectivity index (χ1n) is 19.5. The van der Waals surface area contributed by atoms with Crippen LogP contribution in [0, 0.1) is 12.3 Å². The Morgan fingerprint density at radius 1 is 0.948 bits per heavy atom. The quantitative estimate of drug-likeness (QED) is 0.0600. The number of nitrogens with zero attached hydrogens (tertiary/aromatic N) is 2. The molecule has 16 nitrogen and oxygen atoms in total. The van der Waals surface area contributed by atoms with Gasteiger partial charge in [-0.25, -0.2) is 4.98 Å². The topological polar surface area (TPSA) is 216 Å². The molecule has 3 aromatic rings. The maximum Gasteiger partial charge on any atom is 0.251 e. The van der Waals surface area contributed by atoms with Crippen molar-refractivity contribution in [3.8, 4) is 16.2 Å². The lowest BCUT2D eigenvalue weighted by Crippen LogP contribution is -2.57. The lowest BCUT2D eigenvalue weighted by Gasteiger charge is -2.35. The summed E-state index contributed by atoms with van der Waals surface area (Å²) in [5, 5.41) is 22.3. The highest BCUT2D eigenvalue weighted by atomic mass is 32.1. The number of aliphatic hydroxyl groups is 1. The molecule has 1 aromatic heterocycles. The van der Waals surface area contributed by atoms with E-state index in [9.17, 15) is 24.3 Å². The number of hydrogen-bond donors (Lipinski definition) is 6. The van der Waals surface area contributed by atoms with Gasteiger partial charge in [-0.3, -0.25) is 19.2 Å². The lowest BCUT2D eigenvalue weighted by atomic mass is 9.85. The number of thiazole rings is 1. The van der Waals surface area contributed by atoms with Gasteiger partial charge in [-0.05, 0) is 41.7 Å². The first-order chi connectivity index (χ1) is 27.8. The molecule has 4 amide bonds. The SMILES string of the molecule is COc1cc(C(=O)NCCOCCOCCOCCNCCC(=O)N[C@H](C(=O)N2C[C@H](O)C[C@H]2C(=O)NCc2ccc(-c3scnc3C)cc2)C(C)(C)C)ccc1N. The molecule has 3 atom stereocenters. The van der Waals surface area contributed by atoms with Crippen molar-refractivity contribution < 1.29 is 43.2 Å². The molecule has 0 saturated carbocycles. The van der Waals surface area contributed by atoms with E-state index in [0.717, 1.165) is 21.7 Å². The smallest absolute Gasteiger partial charge is 0.251 e. The third kappa shape index (κ3) is 14.3. The molecule has 1 saturated heterocycles. The maximum absolute atomic E-state index is 13.9. The molecule has 17 heteroatoms. The Morgan fingerprint density at radius 3 is 2.26 bits per heavy atom. The molecule has 0 radical (unpaired) electrons. The number of nitrogens with two attached hydrogens (primary N) is 1. The first kappa shape index (κ1) is 46.0. The molecule has 1 fully saturated rings. The van der Waals surface area contributed by atoms with Crippen LogP contribution in [0.25, 0.3) is 10.4 Å². The Kier molecular flexibility index (Phi) is 18.3. The average Bonchev–Trinajstić information content (AvgIpc) is 3.82. The van der Waals surface area contributed by atoms with E-state index in [1.165, 1.54) is 12.0 Å². The highest BCUT2D eigenvalue weighted by Gasteiger charge is 2.44. The number of methoxy groups -OCH3 is 1. The van der Waals surface area contributed by atoms with Crippen LogP contribution in [0.1, 0.15) is 55.2 Å². The van der Waals surface area contributed by atoms with E-state index in [-0.39, 0.29) is 43.7 Å². The maximum atomic E-state index is 13.9. The van der Waals surface area contributed by atoms with Crippen molar-refractivity contribution in [1.29, 1.82) is 0 Å². The van der Waals surface area contributed by atoms with Crippen LogP contribution in [-0.2, 0) is 35.1 Å². The van der Waals surface area contributed by atoms with Crippen LogP contribution in [0.5, 0.6) is 5.75 Å². The van der Waals surface area contributed by atoms with Crippen LogP contribution < -0.4 is 31.7 Å². The van der Waals surface area contributed by atoms with Crippen LogP contribution in [0.2, 0.25) is 0 Å². The molecule has 1 aliphatic heterocycles. The van der Waals surface area contributed by atoms with Crippen molar-refractivity contribution >= 4 is 40.7 Å². The molecule has 7 N–H and O–H groups in total. The van der Waals surface area contributed by atoms with Crippen LogP contribution in [-0.4, -0.2) is 130 Å². The number of benzene rings is 2. The molecule has 4 rings (SSSR count). The van der Waals surface area contributed by atoms with Gasteiger partial charge in [-0.1, -0.05) is 45.0 Å². The summed E-state index contributed by atoms with van der Waals surface area (Å²) in [5.41, 5.74) is 10.8. The first-order valence-corrected chi connectivity index (χ1v) is 20.4. The van der Waals surface area contributed by atoms with E-state index in [0.29, 0.717) is 76.3 Å². The van der Waals surface area contributed by atoms with Crippen LogP contribution in [0.4, 0.5) is 5.69 Å². The highest BCUT2D eigenvalue weighted by Crippen LogP contribution is 2.28. The predicted octanol–water partition coefficient (Wildman–Crippen LogP) is 2.28. The molecule has 2 aromatic carbocycles. The van der Waals surface area contributed by atoms with Gasteiger partial charge in [0.05, 0.1) is 74.6 Å². The standard InChI is InChI=1S/C41H59N7O9S/c1-27-36(58-26-46-27)29-8-6-28(7-9-29)24-45-39(52)33-23-31(49)25-48(33)40(53)37(41(2,3)4)47-35(50)12-13-43-14-16-55-18-20-57-21-19-56-17-15-44-38(51)30-10-11-32(42)34(22-30)54-5/h6-11,22,26,31,33,37,43,49H,12-21,23-25,42H2,1-5H3,(H,44,51)(H,45,52)(H,47,50)/t31-,33+,37-/m1/s1. The van der Waals surface area contributed by atoms with Gasteiger partial charge in [-0.2, -0.15) is 0 Å². The number of amides is 4. The van der Waals surface area contributed by atoms with Gasteiger partial charge in [0.15, 0.2) is 0 Å². The number of anilines is 1. The lowest BCUT2D eigenvalue weighted by molar-refractivity contribution is -0.144. The van der Waals surface area contributed by atoms with Crippen LogP contribution >= 0.6 is 11.3 Å². The Morgan fingerprint density at radius 2 is 1.62 bits per heavy atom. The summed E-state index contributed by atoms with van der Waals surface area (Å²) in [7, 11) is 1.49. The number of carbonyl (C=O) groups excluding carboxylic acids is 4. The van der Waals surface area contributed by atoms with E-state index in [4.69, 9.17) is 24.7 Å². The third-order valence-corrected chi connectivity index (χ3v) is 10.4.